The van der Waals surface area contributed by atoms with Gasteiger partial charge in [0, 0.05) is 19.3 Å². The van der Waals surface area contributed by atoms with Crippen molar-refractivity contribution in [3.05, 3.63) is 23.4 Å². The van der Waals surface area contributed by atoms with Crippen molar-refractivity contribution in [1.29, 1.82) is 0 Å². The molecule has 0 aliphatic carbocycles. The summed E-state index contributed by atoms with van der Waals surface area (Å²) >= 11 is 0. The Morgan fingerprint density at radius 1 is 1.50 bits per heavy atom. The van der Waals surface area contributed by atoms with Crippen LogP contribution in [0, 0.1) is 6.92 Å². The number of pyridine rings is 1. The van der Waals surface area contributed by atoms with Crippen molar-refractivity contribution in [2.75, 3.05) is 18.0 Å². The van der Waals surface area contributed by atoms with Crippen molar-refractivity contribution in [2.45, 2.75) is 20.3 Å². The van der Waals surface area contributed by atoms with E-state index in [0.29, 0.717) is 24.5 Å². The Morgan fingerprint density at radius 3 is 2.67 bits per heavy atom. The van der Waals surface area contributed by atoms with Crippen molar-refractivity contribution in [3.8, 4) is 0 Å². The zero-order chi connectivity index (χ0) is 13.7. The van der Waals surface area contributed by atoms with E-state index in [1.807, 2.05) is 6.92 Å². The molecule has 0 radical (unpaired) electrons. The molecule has 0 aliphatic rings. The van der Waals surface area contributed by atoms with Crippen LogP contribution in [0.3, 0.4) is 0 Å². The van der Waals surface area contributed by atoms with Gasteiger partial charge in [-0.1, -0.05) is 0 Å². The predicted octanol–water partition coefficient (Wildman–Crippen LogP) is 0.790. The molecule has 0 atom stereocenters. The first-order valence-electron chi connectivity index (χ1n) is 5.69. The highest BCUT2D eigenvalue weighted by Gasteiger charge is 2.17. The number of aryl methyl sites for hydroxylation is 1. The summed E-state index contributed by atoms with van der Waals surface area (Å²) in [6.07, 6.45) is 1.57. The first kappa shape index (κ1) is 14.0. The standard InChI is InChI=1S/C12H17N3O3/c1-3-15(7-5-9(16)17)12-10(11(13)18)8(2)4-6-14-12/h4,6H,3,5,7H2,1-2H3,(H2,13,18)(H,16,17). The van der Waals surface area contributed by atoms with E-state index in [4.69, 9.17) is 10.8 Å². The minimum Gasteiger partial charge on any atom is -0.481 e. The SMILES string of the molecule is CCN(CCC(=O)O)c1nccc(C)c1C(N)=O. The molecule has 1 heterocycles. The lowest BCUT2D eigenvalue weighted by Gasteiger charge is -2.23. The summed E-state index contributed by atoms with van der Waals surface area (Å²) in [4.78, 5) is 27.9. The van der Waals surface area contributed by atoms with E-state index >= 15 is 0 Å². The highest BCUT2D eigenvalue weighted by atomic mass is 16.4. The summed E-state index contributed by atoms with van der Waals surface area (Å²) in [6, 6.07) is 1.70. The van der Waals surface area contributed by atoms with Gasteiger partial charge < -0.3 is 15.7 Å². The van der Waals surface area contributed by atoms with Crippen molar-refractivity contribution in [1.82, 2.24) is 4.98 Å². The summed E-state index contributed by atoms with van der Waals surface area (Å²) in [5.41, 5.74) is 6.43. The molecular formula is C12H17N3O3. The third-order valence-electron chi connectivity index (χ3n) is 2.66. The van der Waals surface area contributed by atoms with Crippen LogP contribution in [0.25, 0.3) is 0 Å². The molecule has 18 heavy (non-hydrogen) atoms. The monoisotopic (exact) mass is 251 g/mol. The third-order valence-corrected chi connectivity index (χ3v) is 2.66. The number of carbonyl (C=O) groups excluding carboxylic acids is 1. The molecule has 1 aromatic heterocycles. The molecule has 6 nitrogen and oxygen atoms in total. The lowest BCUT2D eigenvalue weighted by Crippen LogP contribution is -2.30. The Labute approximate surface area is 105 Å². The van der Waals surface area contributed by atoms with Gasteiger partial charge in [0.1, 0.15) is 5.82 Å². The minimum atomic E-state index is -0.887. The van der Waals surface area contributed by atoms with E-state index in [9.17, 15) is 9.59 Å². The second-order valence-corrected chi connectivity index (χ2v) is 3.91. The summed E-state index contributed by atoms with van der Waals surface area (Å²) in [5.74, 6) is -0.989. The summed E-state index contributed by atoms with van der Waals surface area (Å²) in [5, 5.41) is 8.70. The number of rotatable bonds is 6. The van der Waals surface area contributed by atoms with E-state index < -0.39 is 11.9 Å². The Morgan fingerprint density at radius 2 is 2.17 bits per heavy atom. The number of carbonyl (C=O) groups is 2. The predicted molar refractivity (Wildman–Crippen MR) is 67.6 cm³/mol. The highest BCUT2D eigenvalue weighted by Crippen LogP contribution is 2.20. The molecule has 6 heteroatoms. The number of anilines is 1. The number of primary amides is 1. The van der Waals surface area contributed by atoms with Crippen molar-refractivity contribution in [2.24, 2.45) is 5.73 Å². The van der Waals surface area contributed by atoms with Gasteiger partial charge in [0.05, 0.1) is 12.0 Å². The Bertz CT molecular complexity index is 460. The summed E-state index contributed by atoms with van der Waals surface area (Å²) < 4.78 is 0. The number of carboxylic acid groups (broad SMARTS) is 1. The molecule has 0 fully saturated rings. The fourth-order valence-corrected chi connectivity index (χ4v) is 1.73. The van der Waals surface area contributed by atoms with Gasteiger partial charge in [0.25, 0.3) is 5.91 Å². The van der Waals surface area contributed by atoms with E-state index in [1.165, 1.54) is 0 Å². The molecule has 3 N–H and O–H groups in total. The maximum atomic E-state index is 11.4. The maximum absolute atomic E-state index is 11.4. The second kappa shape index (κ2) is 6.00. The minimum absolute atomic E-state index is 0.0122. The molecule has 0 saturated heterocycles. The number of nitrogens with two attached hydrogens (primary N) is 1. The summed E-state index contributed by atoms with van der Waals surface area (Å²) in [6.45, 7) is 4.50. The lowest BCUT2D eigenvalue weighted by molar-refractivity contribution is -0.136. The lowest BCUT2D eigenvalue weighted by atomic mass is 10.1. The van der Waals surface area contributed by atoms with E-state index in [2.05, 4.69) is 4.98 Å². The average Bonchev–Trinajstić information content (AvgIpc) is 2.29. The molecule has 0 saturated carbocycles. The van der Waals surface area contributed by atoms with E-state index in [0.717, 1.165) is 5.56 Å². The van der Waals surface area contributed by atoms with E-state index in [-0.39, 0.29) is 6.42 Å². The Balaban J connectivity index is 3.08. The van der Waals surface area contributed by atoms with Crippen LogP contribution in [-0.4, -0.2) is 35.1 Å². The zero-order valence-electron chi connectivity index (χ0n) is 10.5. The Kier molecular flexibility index (Phi) is 4.65. The van der Waals surface area contributed by atoms with E-state index in [1.54, 1.807) is 24.1 Å². The maximum Gasteiger partial charge on any atom is 0.305 e. The van der Waals surface area contributed by atoms with Crippen LogP contribution in [0.1, 0.15) is 29.3 Å². The summed E-state index contributed by atoms with van der Waals surface area (Å²) in [7, 11) is 0. The topological polar surface area (TPSA) is 96.5 Å². The molecule has 1 rings (SSSR count). The van der Waals surface area contributed by atoms with Crippen LogP contribution < -0.4 is 10.6 Å². The molecule has 0 spiro atoms. The van der Waals surface area contributed by atoms with Crippen molar-refractivity contribution >= 4 is 17.7 Å². The van der Waals surface area contributed by atoms with Gasteiger partial charge in [0.2, 0.25) is 0 Å². The van der Waals surface area contributed by atoms with Gasteiger partial charge in [-0.2, -0.15) is 0 Å². The molecule has 1 aromatic rings. The number of carboxylic acids is 1. The largest absolute Gasteiger partial charge is 0.481 e. The molecule has 0 unspecified atom stereocenters. The van der Waals surface area contributed by atoms with Crippen LogP contribution in [-0.2, 0) is 4.79 Å². The fourth-order valence-electron chi connectivity index (χ4n) is 1.73. The number of nitrogens with zero attached hydrogens (tertiary/aromatic N) is 2. The first-order chi connectivity index (χ1) is 8.47. The second-order valence-electron chi connectivity index (χ2n) is 3.91. The normalized spacial score (nSPS) is 10.1. The van der Waals surface area contributed by atoms with Crippen molar-refractivity contribution < 1.29 is 14.7 Å². The smallest absolute Gasteiger partial charge is 0.305 e. The van der Waals surface area contributed by atoms with Crippen LogP contribution in [0.15, 0.2) is 12.3 Å². The average molecular weight is 251 g/mol. The molecular weight excluding hydrogens is 234 g/mol. The van der Waals surface area contributed by atoms with Gasteiger partial charge in [-0.05, 0) is 25.5 Å². The van der Waals surface area contributed by atoms with Gasteiger partial charge in [-0.3, -0.25) is 9.59 Å². The molecule has 0 aliphatic heterocycles. The zero-order valence-corrected chi connectivity index (χ0v) is 10.5. The number of hydrogen-bond acceptors (Lipinski definition) is 4. The Hall–Kier alpha value is -2.11. The first-order valence-corrected chi connectivity index (χ1v) is 5.69. The van der Waals surface area contributed by atoms with Gasteiger partial charge >= 0.3 is 5.97 Å². The fraction of sp³-hybridized carbons (Fsp3) is 0.417. The van der Waals surface area contributed by atoms with Crippen LogP contribution in [0.4, 0.5) is 5.82 Å². The van der Waals surface area contributed by atoms with Crippen LogP contribution >= 0.6 is 0 Å². The van der Waals surface area contributed by atoms with Gasteiger partial charge in [0.15, 0.2) is 0 Å². The van der Waals surface area contributed by atoms with Crippen LogP contribution in [0.2, 0.25) is 0 Å². The number of amides is 1. The highest BCUT2D eigenvalue weighted by molar-refractivity contribution is 5.99. The molecule has 0 aromatic carbocycles. The number of aliphatic carboxylic acids is 1. The van der Waals surface area contributed by atoms with Crippen molar-refractivity contribution in [3.63, 3.8) is 0 Å². The third kappa shape index (κ3) is 3.19. The quantitative estimate of drug-likeness (QED) is 0.779. The van der Waals surface area contributed by atoms with Gasteiger partial charge in [-0.25, -0.2) is 4.98 Å². The van der Waals surface area contributed by atoms with Gasteiger partial charge in [-0.15, -0.1) is 0 Å². The number of aromatic nitrogens is 1. The number of hydrogen-bond donors (Lipinski definition) is 2. The molecule has 0 bridgehead atoms. The molecule has 98 valence electrons. The molecule has 1 amide bonds. The van der Waals surface area contributed by atoms with Crippen LogP contribution in [0.5, 0.6) is 0 Å².